The second-order valence-electron chi connectivity index (χ2n) is 4.02. The summed E-state index contributed by atoms with van der Waals surface area (Å²) >= 11 is 0. The van der Waals surface area contributed by atoms with E-state index in [9.17, 15) is 4.79 Å². The second kappa shape index (κ2) is 3.27. The fourth-order valence-corrected chi connectivity index (χ4v) is 1.98. The molecule has 1 aliphatic heterocycles. The summed E-state index contributed by atoms with van der Waals surface area (Å²) in [6.45, 7) is 2.58. The number of nitrogens with zero attached hydrogens (tertiary/aromatic N) is 1. The molecular weight excluding hydrogens is 170 g/mol. The summed E-state index contributed by atoms with van der Waals surface area (Å²) in [5.74, 6) is -0.543. The Hall–Kier alpha value is -0.610. The van der Waals surface area contributed by atoms with Gasteiger partial charge in [0.05, 0.1) is 18.6 Å². The minimum atomic E-state index is -0.665. The van der Waals surface area contributed by atoms with Crippen LogP contribution in [0, 0.1) is 11.8 Å². The number of carbonyl (C=O) groups is 1. The van der Waals surface area contributed by atoms with E-state index in [2.05, 4.69) is 4.90 Å². The van der Waals surface area contributed by atoms with Gasteiger partial charge in [-0.1, -0.05) is 0 Å². The lowest BCUT2D eigenvalue weighted by atomic mass is 10.1. The zero-order valence-corrected chi connectivity index (χ0v) is 7.77. The molecule has 4 nitrogen and oxygen atoms in total. The van der Waals surface area contributed by atoms with Crippen LogP contribution in [-0.4, -0.2) is 48.8 Å². The number of carboxylic acid groups (broad SMARTS) is 1. The van der Waals surface area contributed by atoms with Crippen LogP contribution in [-0.2, 0) is 9.53 Å². The number of carboxylic acids is 1. The number of hydrogen-bond donors (Lipinski definition) is 1. The Morgan fingerprint density at radius 2 is 2.38 bits per heavy atom. The SMILES string of the molecule is CN1CCO[C@H](C2CC2C(=O)O)C1. The predicted octanol–water partition coefficient (Wildman–Crippen LogP) is 0.0377. The standard InChI is InChI=1S/C9H15NO3/c1-10-2-3-13-8(5-10)6-4-7(6)9(11)12/h6-8H,2-5H2,1H3,(H,11,12)/t6?,7?,8-/m0/s1. The van der Waals surface area contributed by atoms with Gasteiger partial charge in [-0.2, -0.15) is 0 Å². The van der Waals surface area contributed by atoms with Crippen molar-refractivity contribution in [1.82, 2.24) is 4.90 Å². The maximum absolute atomic E-state index is 10.6. The highest BCUT2D eigenvalue weighted by molar-refractivity contribution is 5.73. The summed E-state index contributed by atoms with van der Waals surface area (Å²) in [6.07, 6.45) is 0.952. The third kappa shape index (κ3) is 1.84. The zero-order chi connectivity index (χ0) is 9.42. The quantitative estimate of drug-likeness (QED) is 0.659. The molecule has 2 fully saturated rings. The van der Waals surface area contributed by atoms with Gasteiger partial charge in [-0.05, 0) is 13.5 Å². The molecule has 2 aliphatic rings. The summed E-state index contributed by atoms with van der Waals surface area (Å²) in [5.41, 5.74) is 0. The van der Waals surface area contributed by atoms with Crippen LogP contribution < -0.4 is 0 Å². The van der Waals surface area contributed by atoms with Crippen molar-refractivity contribution >= 4 is 5.97 Å². The first-order valence-electron chi connectivity index (χ1n) is 4.71. The van der Waals surface area contributed by atoms with Crippen molar-refractivity contribution in [2.75, 3.05) is 26.7 Å². The van der Waals surface area contributed by atoms with Gasteiger partial charge in [0.25, 0.3) is 0 Å². The van der Waals surface area contributed by atoms with Gasteiger partial charge in [0.1, 0.15) is 0 Å². The molecule has 1 N–H and O–H groups in total. The third-order valence-corrected chi connectivity index (χ3v) is 2.93. The van der Waals surface area contributed by atoms with Crippen LogP contribution in [0.2, 0.25) is 0 Å². The van der Waals surface area contributed by atoms with Crippen LogP contribution in [0.1, 0.15) is 6.42 Å². The number of ether oxygens (including phenoxy) is 1. The molecule has 0 aromatic heterocycles. The molecule has 0 amide bonds. The topological polar surface area (TPSA) is 49.8 Å². The number of likely N-dealkylation sites (N-methyl/N-ethyl adjacent to an activating group) is 1. The fraction of sp³-hybridized carbons (Fsp3) is 0.889. The molecule has 0 radical (unpaired) electrons. The second-order valence-corrected chi connectivity index (χ2v) is 4.02. The van der Waals surface area contributed by atoms with Gasteiger partial charge in [0, 0.05) is 19.0 Å². The Bertz CT molecular complexity index is 219. The van der Waals surface area contributed by atoms with Gasteiger partial charge in [0.2, 0.25) is 0 Å². The van der Waals surface area contributed by atoms with Crippen molar-refractivity contribution in [2.45, 2.75) is 12.5 Å². The highest BCUT2D eigenvalue weighted by Gasteiger charge is 2.49. The van der Waals surface area contributed by atoms with Gasteiger partial charge in [-0.3, -0.25) is 4.79 Å². The van der Waals surface area contributed by atoms with Crippen molar-refractivity contribution in [3.8, 4) is 0 Å². The van der Waals surface area contributed by atoms with Crippen LogP contribution >= 0.6 is 0 Å². The maximum atomic E-state index is 10.6. The van der Waals surface area contributed by atoms with E-state index in [0.717, 1.165) is 26.1 Å². The number of aliphatic carboxylic acids is 1. The molecule has 3 atom stereocenters. The van der Waals surface area contributed by atoms with Crippen LogP contribution in [0.3, 0.4) is 0 Å². The molecule has 1 aliphatic carbocycles. The molecular formula is C9H15NO3. The van der Waals surface area contributed by atoms with Crippen molar-refractivity contribution in [3.05, 3.63) is 0 Å². The largest absolute Gasteiger partial charge is 0.481 e. The molecule has 1 saturated heterocycles. The third-order valence-electron chi connectivity index (χ3n) is 2.93. The molecule has 1 heterocycles. The summed E-state index contributed by atoms with van der Waals surface area (Å²) in [4.78, 5) is 12.8. The lowest BCUT2D eigenvalue weighted by Gasteiger charge is -2.30. The smallest absolute Gasteiger partial charge is 0.306 e. The summed E-state index contributed by atoms with van der Waals surface area (Å²) < 4.78 is 5.55. The first-order chi connectivity index (χ1) is 6.18. The highest BCUT2D eigenvalue weighted by atomic mass is 16.5. The van der Waals surface area contributed by atoms with Crippen molar-refractivity contribution in [2.24, 2.45) is 11.8 Å². The highest BCUT2D eigenvalue weighted by Crippen LogP contribution is 2.43. The number of hydrogen-bond acceptors (Lipinski definition) is 3. The van der Waals surface area contributed by atoms with Crippen LogP contribution in [0.4, 0.5) is 0 Å². The normalized spacial score (nSPS) is 40.2. The minimum Gasteiger partial charge on any atom is -0.481 e. The molecule has 0 aromatic carbocycles. The first kappa shape index (κ1) is 8.97. The molecule has 0 bridgehead atoms. The van der Waals surface area contributed by atoms with E-state index < -0.39 is 5.97 Å². The van der Waals surface area contributed by atoms with E-state index in [4.69, 9.17) is 9.84 Å². The Morgan fingerprint density at radius 3 is 2.92 bits per heavy atom. The lowest BCUT2D eigenvalue weighted by molar-refractivity contribution is -0.139. The van der Waals surface area contributed by atoms with E-state index >= 15 is 0 Å². The van der Waals surface area contributed by atoms with Gasteiger partial charge >= 0.3 is 5.97 Å². The van der Waals surface area contributed by atoms with E-state index in [0.29, 0.717) is 0 Å². The summed E-state index contributed by atoms with van der Waals surface area (Å²) in [7, 11) is 2.05. The Balaban J connectivity index is 1.85. The minimum absolute atomic E-state index is 0.142. The predicted molar refractivity (Wildman–Crippen MR) is 46.5 cm³/mol. The lowest BCUT2D eigenvalue weighted by Crippen LogP contribution is -2.41. The van der Waals surface area contributed by atoms with Gasteiger partial charge < -0.3 is 14.7 Å². The van der Waals surface area contributed by atoms with Crippen LogP contribution in [0.15, 0.2) is 0 Å². The van der Waals surface area contributed by atoms with E-state index in [1.165, 1.54) is 0 Å². The first-order valence-corrected chi connectivity index (χ1v) is 4.71. The average molecular weight is 185 g/mol. The molecule has 0 spiro atoms. The van der Waals surface area contributed by atoms with Gasteiger partial charge in [-0.15, -0.1) is 0 Å². The summed E-state index contributed by atoms with van der Waals surface area (Å²) in [5, 5.41) is 8.75. The molecule has 4 heteroatoms. The van der Waals surface area contributed by atoms with Gasteiger partial charge in [0.15, 0.2) is 0 Å². The molecule has 2 unspecified atom stereocenters. The zero-order valence-electron chi connectivity index (χ0n) is 7.77. The Kier molecular flexibility index (Phi) is 2.26. The number of morpholine rings is 1. The van der Waals surface area contributed by atoms with E-state index in [-0.39, 0.29) is 17.9 Å². The Morgan fingerprint density at radius 1 is 1.62 bits per heavy atom. The fourth-order valence-electron chi connectivity index (χ4n) is 1.98. The van der Waals surface area contributed by atoms with Crippen molar-refractivity contribution < 1.29 is 14.6 Å². The summed E-state index contributed by atoms with van der Waals surface area (Å²) in [6, 6.07) is 0. The van der Waals surface area contributed by atoms with Crippen molar-refractivity contribution in [1.29, 1.82) is 0 Å². The van der Waals surface area contributed by atoms with Gasteiger partial charge in [-0.25, -0.2) is 0 Å². The maximum Gasteiger partial charge on any atom is 0.306 e. The number of rotatable bonds is 2. The molecule has 13 heavy (non-hydrogen) atoms. The van der Waals surface area contributed by atoms with Crippen LogP contribution in [0.25, 0.3) is 0 Å². The molecule has 74 valence electrons. The molecule has 0 aromatic rings. The van der Waals surface area contributed by atoms with Crippen LogP contribution in [0.5, 0.6) is 0 Å². The Labute approximate surface area is 77.5 Å². The van der Waals surface area contributed by atoms with E-state index in [1.807, 2.05) is 7.05 Å². The molecule has 2 rings (SSSR count). The van der Waals surface area contributed by atoms with Crippen molar-refractivity contribution in [3.63, 3.8) is 0 Å². The molecule has 1 saturated carbocycles. The monoisotopic (exact) mass is 185 g/mol. The average Bonchev–Trinajstić information content (AvgIpc) is 2.82. The van der Waals surface area contributed by atoms with E-state index in [1.54, 1.807) is 0 Å².